The molecule has 0 aromatic heterocycles. The number of rotatable bonds is 0. The Morgan fingerprint density at radius 3 is 1.00 bits per heavy atom. The van der Waals surface area contributed by atoms with Crippen LogP contribution in [0.3, 0.4) is 0 Å². The van der Waals surface area contributed by atoms with Crippen LogP contribution in [0, 0.1) is 0 Å². The first kappa shape index (κ1) is 22.6. The summed E-state index contributed by atoms with van der Waals surface area (Å²) in [6.45, 7) is 0.972. The molecule has 0 unspecified atom stereocenters. The molecule has 0 aliphatic carbocycles. The smallest absolute Gasteiger partial charge is 0.550 e. The van der Waals surface area contributed by atoms with E-state index in [4.69, 9.17) is 29.7 Å². The summed E-state index contributed by atoms with van der Waals surface area (Å²) in [7, 11) is 0. The van der Waals surface area contributed by atoms with Gasteiger partial charge in [-0.25, -0.2) is 0 Å². The zero-order valence-electron chi connectivity index (χ0n) is 6.66. The third kappa shape index (κ3) is 54.4. The molecular formula is C4H7CaNO6. The number of carboxylic acids is 3. The quantitative estimate of drug-likeness (QED) is 0.309. The fourth-order valence-electron chi connectivity index (χ4n) is 0. The summed E-state index contributed by atoms with van der Waals surface area (Å²) >= 11 is 0. The van der Waals surface area contributed by atoms with Crippen LogP contribution in [0.2, 0.25) is 0 Å². The molecule has 12 heavy (non-hydrogen) atoms. The Morgan fingerprint density at radius 2 is 1.00 bits per heavy atom. The average Bonchev–Trinajstić information content (AvgIpc) is 1.63. The maximum Gasteiger partial charge on any atom is 2.00 e. The second-order valence-corrected chi connectivity index (χ2v) is 1.07. The van der Waals surface area contributed by atoms with Gasteiger partial charge in [-0.05, 0) is 6.92 Å². The van der Waals surface area contributed by atoms with Crippen molar-refractivity contribution in [2.75, 3.05) is 0 Å². The van der Waals surface area contributed by atoms with Gasteiger partial charge in [0.1, 0.15) is 0 Å². The van der Waals surface area contributed by atoms with Crippen LogP contribution >= 0.6 is 0 Å². The van der Waals surface area contributed by atoms with E-state index in [-0.39, 0.29) is 43.9 Å². The van der Waals surface area contributed by atoms with E-state index in [1.165, 1.54) is 0 Å². The van der Waals surface area contributed by atoms with E-state index < -0.39 is 17.9 Å². The molecule has 0 aromatic rings. The summed E-state index contributed by atoms with van der Waals surface area (Å²) < 4.78 is 0. The predicted octanol–water partition coefficient (Wildman–Crippen LogP) is -4.76. The molecule has 0 bridgehead atoms. The third-order valence-corrected chi connectivity index (χ3v) is 0.167. The van der Waals surface area contributed by atoms with E-state index in [0.29, 0.717) is 0 Å². The van der Waals surface area contributed by atoms with Gasteiger partial charge in [-0.3, -0.25) is 0 Å². The van der Waals surface area contributed by atoms with Crippen molar-refractivity contribution in [3.63, 3.8) is 0 Å². The van der Waals surface area contributed by atoms with E-state index >= 15 is 0 Å². The van der Waals surface area contributed by atoms with E-state index in [1.54, 1.807) is 0 Å². The van der Waals surface area contributed by atoms with Crippen molar-refractivity contribution >= 4 is 55.6 Å². The fourth-order valence-corrected chi connectivity index (χ4v) is 0. The summed E-state index contributed by atoms with van der Waals surface area (Å²) in [5, 5.41) is 26.7. The van der Waals surface area contributed by atoms with Gasteiger partial charge in [0, 0.05) is 5.97 Å². The number of carboxylic acid groups (broad SMARTS) is 3. The molecule has 0 aliphatic rings. The number of hydrogen-bond donors (Lipinski definition) is 1. The first-order valence-corrected chi connectivity index (χ1v) is 1.97. The van der Waals surface area contributed by atoms with Crippen molar-refractivity contribution in [3.05, 3.63) is 0 Å². The van der Waals surface area contributed by atoms with Crippen LogP contribution in [0.4, 0.5) is 0 Å². The summed E-state index contributed by atoms with van der Waals surface area (Å²) in [6, 6.07) is 0. The van der Waals surface area contributed by atoms with Crippen LogP contribution in [0.1, 0.15) is 6.92 Å². The van der Waals surface area contributed by atoms with E-state index in [2.05, 4.69) is 0 Å². The maximum absolute atomic E-state index is 8.93. The maximum atomic E-state index is 8.93. The third-order valence-electron chi connectivity index (χ3n) is 0.167. The van der Waals surface area contributed by atoms with Crippen molar-refractivity contribution < 1.29 is 29.7 Å². The molecule has 0 aromatic carbocycles. The molecule has 0 rings (SSSR count). The minimum atomic E-state index is -2.19. The molecule has 0 spiro atoms. The van der Waals surface area contributed by atoms with Crippen LogP contribution in [0.15, 0.2) is 0 Å². The summed E-state index contributed by atoms with van der Waals surface area (Å²) in [5.41, 5.74) is 0. The Morgan fingerprint density at radius 1 is 0.917 bits per heavy atom. The molecule has 0 heterocycles. The minimum absolute atomic E-state index is 0. The molecule has 0 aliphatic heterocycles. The Balaban J connectivity index is -0.0000000483. The molecule has 0 fully saturated rings. The van der Waals surface area contributed by atoms with Crippen LogP contribution < -0.4 is 21.5 Å². The predicted molar refractivity (Wildman–Crippen MR) is 32.4 cm³/mol. The second-order valence-electron chi connectivity index (χ2n) is 1.07. The standard InChI is InChI=1S/C2H2O4.C2H4O2.Ca.H3N/c3-1(4)2(5)6;1-2(3)4;;/h(H,3,4)(H,5,6);1H3,(H,3,4);;1H3/q;;+2;/p-2. The SMILES string of the molecule is CC(=O)[O-].O=C([O-])C(=O)[O-].[Ca+2].[NH4+]. The molecule has 66 valence electrons. The van der Waals surface area contributed by atoms with Gasteiger partial charge in [-0.2, -0.15) is 0 Å². The van der Waals surface area contributed by atoms with Crippen molar-refractivity contribution in [3.8, 4) is 0 Å². The zero-order valence-corrected chi connectivity index (χ0v) is 8.86. The van der Waals surface area contributed by atoms with Gasteiger partial charge < -0.3 is 35.9 Å². The molecule has 8 heteroatoms. The molecule has 4 N–H and O–H groups in total. The number of carbonyl (C=O) groups excluding carboxylic acids is 3. The van der Waals surface area contributed by atoms with Crippen molar-refractivity contribution in [1.82, 2.24) is 6.15 Å². The van der Waals surface area contributed by atoms with E-state index in [1.807, 2.05) is 0 Å². The Hall–Kier alpha value is -0.370. The molecule has 7 nitrogen and oxygen atoms in total. The van der Waals surface area contributed by atoms with E-state index in [0.717, 1.165) is 6.92 Å². The number of hydrogen-bond acceptors (Lipinski definition) is 6. The summed E-state index contributed by atoms with van der Waals surface area (Å²) in [5.74, 6) is -5.45. The van der Waals surface area contributed by atoms with Crippen LogP contribution in [0.25, 0.3) is 0 Å². The number of quaternary nitrogens is 1. The monoisotopic (exact) mass is 205 g/mol. The molecule has 0 amide bonds. The van der Waals surface area contributed by atoms with Crippen molar-refractivity contribution in [2.45, 2.75) is 6.92 Å². The topological polar surface area (TPSA) is 157 Å². The molecule has 0 saturated carbocycles. The largest absolute Gasteiger partial charge is 2.00 e. The average molecular weight is 205 g/mol. The van der Waals surface area contributed by atoms with Gasteiger partial charge >= 0.3 is 37.7 Å². The fraction of sp³-hybridized carbons (Fsp3) is 0.250. The van der Waals surface area contributed by atoms with Crippen LogP contribution in [-0.4, -0.2) is 55.6 Å². The Bertz CT molecular complexity index is 142. The summed E-state index contributed by atoms with van der Waals surface area (Å²) in [6.07, 6.45) is 0. The minimum Gasteiger partial charge on any atom is -0.550 e. The van der Waals surface area contributed by atoms with Crippen LogP contribution in [-0.2, 0) is 14.4 Å². The van der Waals surface area contributed by atoms with Gasteiger partial charge in [-0.15, -0.1) is 0 Å². The van der Waals surface area contributed by atoms with Crippen molar-refractivity contribution in [1.29, 1.82) is 0 Å². The second kappa shape index (κ2) is 13.2. The van der Waals surface area contributed by atoms with Gasteiger partial charge in [-0.1, -0.05) is 0 Å². The van der Waals surface area contributed by atoms with E-state index in [9.17, 15) is 0 Å². The molecular weight excluding hydrogens is 198 g/mol. The molecule has 0 atom stereocenters. The first-order valence-electron chi connectivity index (χ1n) is 1.97. The normalized spacial score (nSPS) is 5.75. The van der Waals surface area contributed by atoms with Gasteiger partial charge in [0.15, 0.2) is 0 Å². The Kier molecular flexibility index (Phi) is 24.9. The van der Waals surface area contributed by atoms with Crippen molar-refractivity contribution in [2.24, 2.45) is 0 Å². The Labute approximate surface area is 98.0 Å². The van der Waals surface area contributed by atoms with Gasteiger partial charge in [0.05, 0.1) is 11.9 Å². The van der Waals surface area contributed by atoms with Gasteiger partial charge in [0.2, 0.25) is 0 Å². The van der Waals surface area contributed by atoms with Crippen LogP contribution in [0.5, 0.6) is 0 Å². The first-order chi connectivity index (χ1) is 4.37. The van der Waals surface area contributed by atoms with Gasteiger partial charge in [0.25, 0.3) is 0 Å². The molecule has 0 saturated heterocycles. The number of carbonyl (C=O) groups is 3. The zero-order chi connectivity index (χ0) is 8.73. The number of aliphatic carboxylic acids is 3. The summed E-state index contributed by atoms with van der Waals surface area (Å²) in [4.78, 5) is 26.7. The molecule has 0 radical (unpaired) electrons.